The molecule has 1 aliphatic rings. The standard InChI is InChI=1S/C11H15ClN6O/c1-17-10(12)4-14-11(17)5-13-8-6-19-7-9(8)18-3-2-15-16-18/h2-4,8-9,13H,5-7H2,1H3/t8-,9+/m0/s1. The maximum Gasteiger partial charge on any atom is 0.128 e. The normalized spacial score (nSPS) is 23.1. The first kappa shape index (κ1) is 12.6. The molecule has 19 heavy (non-hydrogen) atoms. The number of aromatic nitrogens is 5. The molecule has 7 nitrogen and oxygen atoms in total. The number of hydrogen-bond acceptors (Lipinski definition) is 5. The van der Waals surface area contributed by atoms with E-state index in [9.17, 15) is 0 Å². The van der Waals surface area contributed by atoms with Gasteiger partial charge in [-0.25, -0.2) is 9.67 Å². The molecule has 2 atom stereocenters. The Labute approximate surface area is 115 Å². The fourth-order valence-electron chi connectivity index (χ4n) is 2.20. The van der Waals surface area contributed by atoms with Crippen molar-refractivity contribution in [1.29, 1.82) is 0 Å². The zero-order valence-electron chi connectivity index (χ0n) is 10.5. The number of rotatable bonds is 4. The summed E-state index contributed by atoms with van der Waals surface area (Å²) in [6.45, 7) is 1.94. The van der Waals surface area contributed by atoms with Gasteiger partial charge in [-0.15, -0.1) is 5.10 Å². The summed E-state index contributed by atoms with van der Waals surface area (Å²) >= 11 is 5.96. The van der Waals surface area contributed by atoms with Crippen molar-refractivity contribution < 1.29 is 4.74 Å². The fraction of sp³-hybridized carbons (Fsp3) is 0.545. The number of halogens is 1. The average Bonchev–Trinajstić information content (AvgIpc) is 3.11. The van der Waals surface area contributed by atoms with Crippen molar-refractivity contribution in [1.82, 2.24) is 29.9 Å². The van der Waals surface area contributed by atoms with Gasteiger partial charge >= 0.3 is 0 Å². The van der Waals surface area contributed by atoms with Gasteiger partial charge in [0.25, 0.3) is 0 Å². The zero-order chi connectivity index (χ0) is 13.2. The molecule has 0 aromatic carbocycles. The smallest absolute Gasteiger partial charge is 0.128 e. The van der Waals surface area contributed by atoms with Crippen molar-refractivity contribution in [2.45, 2.75) is 18.6 Å². The van der Waals surface area contributed by atoms with Crippen molar-refractivity contribution >= 4 is 11.6 Å². The molecule has 1 N–H and O–H groups in total. The summed E-state index contributed by atoms with van der Waals surface area (Å²) in [6.07, 6.45) is 5.18. The molecule has 2 aromatic rings. The van der Waals surface area contributed by atoms with Crippen molar-refractivity contribution in [3.63, 3.8) is 0 Å². The summed E-state index contributed by atoms with van der Waals surface area (Å²) in [5, 5.41) is 11.9. The Hall–Kier alpha value is -1.44. The highest BCUT2D eigenvalue weighted by Crippen LogP contribution is 2.19. The van der Waals surface area contributed by atoms with Crippen LogP contribution in [0.5, 0.6) is 0 Å². The lowest BCUT2D eigenvalue weighted by molar-refractivity contribution is 0.181. The largest absolute Gasteiger partial charge is 0.377 e. The molecule has 3 rings (SSSR count). The van der Waals surface area contributed by atoms with E-state index < -0.39 is 0 Å². The maximum absolute atomic E-state index is 5.96. The molecule has 0 amide bonds. The quantitative estimate of drug-likeness (QED) is 0.879. The highest BCUT2D eigenvalue weighted by molar-refractivity contribution is 6.29. The first-order valence-corrected chi connectivity index (χ1v) is 6.46. The van der Waals surface area contributed by atoms with Gasteiger partial charge in [0.2, 0.25) is 0 Å². The van der Waals surface area contributed by atoms with Crippen LogP contribution in [0.3, 0.4) is 0 Å². The Morgan fingerprint density at radius 3 is 3.11 bits per heavy atom. The van der Waals surface area contributed by atoms with Crippen LogP contribution >= 0.6 is 11.6 Å². The Morgan fingerprint density at radius 2 is 2.42 bits per heavy atom. The van der Waals surface area contributed by atoms with Gasteiger partial charge in [-0.05, 0) is 0 Å². The lowest BCUT2D eigenvalue weighted by atomic mass is 10.2. The molecule has 0 spiro atoms. The molecule has 2 aromatic heterocycles. The third kappa shape index (κ3) is 2.49. The highest BCUT2D eigenvalue weighted by atomic mass is 35.5. The first-order valence-electron chi connectivity index (χ1n) is 6.08. The van der Waals surface area contributed by atoms with Gasteiger partial charge in [0.1, 0.15) is 11.0 Å². The first-order chi connectivity index (χ1) is 9.25. The van der Waals surface area contributed by atoms with Gasteiger partial charge in [0.15, 0.2) is 0 Å². The average molecular weight is 283 g/mol. The van der Waals surface area contributed by atoms with E-state index in [1.54, 1.807) is 12.4 Å². The van der Waals surface area contributed by atoms with Crippen molar-refractivity contribution in [3.05, 3.63) is 29.6 Å². The molecule has 1 aliphatic heterocycles. The Bertz CT molecular complexity index is 539. The minimum atomic E-state index is 0.165. The van der Waals surface area contributed by atoms with E-state index in [1.807, 2.05) is 22.5 Å². The molecular formula is C11H15ClN6O. The second-order valence-corrected chi connectivity index (χ2v) is 4.92. The molecule has 0 unspecified atom stereocenters. The zero-order valence-corrected chi connectivity index (χ0v) is 11.3. The van der Waals surface area contributed by atoms with E-state index in [0.29, 0.717) is 24.9 Å². The Balaban J connectivity index is 1.65. The van der Waals surface area contributed by atoms with Gasteiger partial charge in [0, 0.05) is 13.2 Å². The van der Waals surface area contributed by atoms with E-state index in [4.69, 9.17) is 16.3 Å². The molecule has 0 aliphatic carbocycles. The van der Waals surface area contributed by atoms with Crippen LogP contribution in [0.2, 0.25) is 5.15 Å². The van der Waals surface area contributed by atoms with Crippen LogP contribution in [0.25, 0.3) is 0 Å². The van der Waals surface area contributed by atoms with E-state index in [-0.39, 0.29) is 12.1 Å². The number of imidazole rings is 1. The SMILES string of the molecule is Cn1c(Cl)cnc1CN[C@H]1COC[C@H]1n1ccnn1. The van der Waals surface area contributed by atoms with Gasteiger partial charge in [-0.2, -0.15) is 0 Å². The number of ether oxygens (including phenoxy) is 1. The second kappa shape index (κ2) is 5.28. The third-order valence-corrected chi connectivity index (χ3v) is 3.73. The lowest BCUT2D eigenvalue weighted by Crippen LogP contribution is -2.37. The minimum absolute atomic E-state index is 0.165. The van der Waals surface area contributed by atoms with E-state index in [2.05, 4.69) is 20.6 Å². The maximum atomic E-state index is 5.96. The second-order valence-electron chi connectivity index (χ2n) is 4.53. The monoisotopic (exact) mass is 282 g/mol. The van der Waals surface area contributed by atoms with Gasteiger partial charge in [0.05, 0.1) is 44.2 Å². The van der Waals surface area contributed by atoms with Crippen LogP contribution in [0.1, 0.15) is 11.9 Å². The van der Waals surface area contributed by atoms with Crippen LogP contribution < -0.4 is 5.32 Å². The molecule has 0 saturated carbocycles. The number of hydrogen-bond donors (Lipinski definition) is 1. The summed E-state index contributed by atoms with van der Waals surface area (Å²) in [4.78, 5) is 4.26. The fourth-order valence-corrected chi connectivity index (χ4v) is 2.35. The number of nitrogens with zero attached hydrogens (tertiary/aromatic N) is 5. The number of nitrogens with one attached hydrogen (secondary N) is 1. The topological polar surface area (TPSA) is 69.8 Å². The van der Waals surface area contributed by atoms with Crippen molar-refractivity contribution in [2.75, 3.05) is 13.2 Å². The van der Waals surface area contributed by atoms with Crippen LogP contribution in [0.4, 0.5) is 0 Å². The molecule has 102 valence electrons. The van der Waals surface area contributed by atoms with Gasteiger partial charge in [-0.1, -0.05) is 16.8 Å². The van der Waals surface area contributed by atoms with Crippen LogP contribution in [-0.4, -0.2) is 43.8 Å². The predicted molar refractivity (Wildman–Crippen MR) is 68.7 cm³/mol. The predicted octanol–water partition coefficient (Wildman–Crippen LogP) is 0.395. The van der Waals surface area contributed by atoms with E-state index in [0.717, 1.165) is 5.82 Å². The summed E-state index contributed by atoms with van der Waals surface area (Å²) in [5.74, 6) is 0.897. The van der Waals surface area contributed by atoms with Gasteiger partial charge < -0.3 is 14.6 Å². The molecule has 0 bridgehead atoms. The minimum Gasteiger partial charge on any atom is -0.377 e. The summed E-state index contributed by atoms with van der Waals surface area (Å²) in [7, 11) is 1.90. The van der Waals surface area contributed by atoms with Crippen molar-refractivity contribution in [3.8, 4) is 0 Å². The summed E-state index contributed by atoms with van der Waals surface area (Å²) in [5.41, 5.74) is 0. The molecule has 8 heteroatoms. The summed E-state index contributed by atoms with van der Waals surface area (Å²) < 4.78 is 9.20. The molecule has 1 fully saturated rings. The summed E-state index contributed by atoms with van der Waals surface area (Å²) in [6, 6.07) is 0.357. The lowest BCUT2D eigenvalue weighted by Gasteiger charge is -2.18. The molecule has 0 radical (unpaired) electrons. The molecular weight excluding hydrogens is 268 g/mol. The van der Waals surface area contributed by atoms with Crippen LogP contribution in [-0.2, 0) is 18.3 Å². The van der Waals surface area contributed by atoms with Gasteiger partial charge in [-0.3, -0.25) is 0 Å². The van der Waals surface area contributed by atoms with E-state index >= 15 is 0 Å². The van der Waals surface area contributed by atoms with Crippen LogP contribution in [0.15, 0.2) is 18.6 Å². The Morgan fingerprint density at radius 1 is 1.53 bits per heavy atom. The molecule has 1 saturated heterocycles. The van der Waals surface area contributed by atoms with Crippen molar-refractivity contribution in [2.24, 2.45) is 7.05 Å². The highest BCUT2D eigenvalue weighted by Gasteiger charge is 2.30. The Kier molecular flexibility index (Phi) is 3.50. The van der Waals surface area contributed by atoms with E-state index in [1.165, 1.54) is 0 Å². The van der Waals surface area contributed by atoms with Crippen LogP contribution in [0, 0.1) is 0 Å². The third-order valence-electron chi connectivity index (χ3n) is 3.38. The molecule has 3 heterocycles.